The molecular weight excluding hydrogens is 384 g/mol. The predicted molar refractivity (Wildman–Crippen MR) is 129 cm³/mol. The quantitative estimate of drug-likeness (QED) is 0.250. The third-order valence-corrected chi connectivity index (χ3v) is 5.13. The van der Waals surface area contributed by atoms with E-state index in [1.807, 2.05) is 12.1 Å². The number of phenols is 1. The summed E-state index contributed by atoms with van der Waals surface area (Å²) in [7, 11) is 0. The van der Waals surface area contributed by atoms with Crippen LogP contribution in [0.1, 0.15) is 37.3 Å². The molecule has 3 aromatic rings. The molecule has 0 amide bonds. The van der Waals surface area contributed by atoms with Gasteiger partial charge in [-0.25, -0.2) is 0 Å². The highest BCUT2D eigenvalue weighted by molar-refractivity contribution is 5.74. The van der Waals surface area contributed by atoms with Crippen molar-refractivity contribution in [3.63, 3.8) is 0 Å². The van der Waals surface area contributed by atoms with Crippen LogP contribution in [0.5, 0.6) is 5.75 Å². The highest BCUT2D eigenvalue weighted by Crippen LogP contribution is 2.29. The van der Waals surface area contributed by atoms with Gasteiger partial charge < -0.3 is 10.2 Å². The van der Waals surface area contributed by atoms with E-state index in [2.05, 4.69) is 62.9 Å². The molecule has 162 valence electrons. The second-order valence-corrected chi connectivity index (χ2v) is 7.66. The maximum absolute atomic E-state index is 9.48. The number of phenolic OH excluding ortho intramolecular Hbond substituents is 1. The zero-order chi connectivity index (χ0) is 22.6. The minimum Gasteiger partial charge on any atom is -0.508 e. The SMILES string of the molecule is C=C(C=O)CO.CCCCCc1ccc(-c2ccc(-c3ccc(O)cc3)cc2C)cc1. The van der Waals surface area contributed by atoms with Crippen LogP contribution in [0.2, 0.25) is 0 Å². The van der Waals surface area contributed by atoms with E-state index < -0.39 is 0 Å². The number of aldehydes is 1. The summed E-state index contributed by atoms with van der Waals surface area (Å²) in [6, 6.07) is 22.9. The number of aryl methyl sites for hydroxylation is 2. The maximum atomic E-state index is 9.48. The van der Waals surface area contributed by atoms with E-state index in [9.17, 15) is 9.90 Å². The van der Waals surface area contributed by atoms with E-state index in [1.165, 1.54) is 53.5 Å². The van der Waals surface area contributed by atoms with Gasteiger partial charge in [-0.15, -0.1) is 0 Å². The first-order chi connectivity index (χ1) is 15.0. The molecule has 0 radical (unpaired) electrons. The van der Waals surface area contributed by atoms with Crippen molar-refractivity contribution >= 4 is 6.29 Å². The number of hydrogen-bond donors (Lipinski definition) is 2. The number of hydrogen-bond acceptors (Lipinski definition) is 3. The van der Waals surface area contributed by atoms with E-state index in [0.29, 0.717) is 12.0 Å². The minimum absolute atomic E-state index is 0.218. The average Bonchev–Trinajstić information content (AvgIpc) is 2.80. The van der Waals surface area contributed by atoms with E-state index in [4.69, 9.17) is 5.11 Å². The first-order valence-electron chi connectivity index (χ1n) is 10.7. The first kappa shape index (κ1) is 24.1. The molecule has 0 saturated heterocycles. The highest BCUT2D eigenvalue weighted by Gasteiger charge is 2.05. The summed E-state index contributed by atoms with van der Waals surface area (Å²) >= 11 is 0. The fraction of sp³-hybridized carbons (Fsp3) is 0.250. The normalized spacial score (nSPS) is 10.2. The molecule has 0 heterocycles. The van der Waals surface area contributed by atoms with Gasteiger partial charge in [-0.2, -0.15) is 0 Å². The van der Waals surface area contributed by atoms with Crippen molar-refractivity contribution in [3.8, 4) is 28.0 Å². The third kappa shape index (κ3) is 7.54. The second-order valence-electron chi connectivity index (χ2n) is 7.66. The van der Waals surface area contributed by atoms with Gasteiger partial charge in [0, 0.05) is 5.57 Å². The number of carbonyl (C=O) groups is 1. The Kier molecular flexibility index (Phi) is 9.73. The summed E-state index contributed by atoms with van der Waals surface area (Å²) in [5.41, 5.74) is 7.77. The van der Waals surface area contributed by atoms with Crippen LogP contribution in [-0.4, -0.2) is 23.1 Å². The van der Waals surface area contributed by atoms with Gasteiger partial charge in [-0.3, -0.25) is 4.79 Å². The van der Waals surface area contributed by atoms with Crippen LogP contribution in [0, 0.1) is 6.92 Å². The van der Waals surface area contributed by atoms with Crippen molar-refractivity contribution in [2.75, 3.05) is 6.61 Å². The highest BCUT2D eigenvalue weighted by atomic mass is 16.3. The number of benzene rings is 3. The molecule has 0 fully saturated rings. The van der Waals surface area contributed by atoms with Gasteiger partial charge in [0.2, 0.25) is 0 Å². The lowest BCUT2D eigenvalue weighted by atomic mass is 9.94. The van der Waals surface area contributed by atoms with Crippen molar-refractivity contribution in [1.82, 2.24) is 0 Å². The number of carbonyl (C=O) groups excluding carboxylic acids is 1. The smallest absolute Gasteiger partial charge is 0.147 e. The Morgan fingerprint density at radius 1 is 0.903 bits per heavy atom. The molecule has 3 rings (SSSR count). The predicted octanol–water partition coefficient (Wildman–Crippen LogP) is 6.50. The van der Waals surface area contributed by atoms with E-state index >= 15 is 0 Å². The van der Waals surface area contributed by atoms with Gasteiger partial charge in [-0.05, 0) is 65.3 Å². The number of unbranched alkanes of at least 4 members (excludes halogenated alkanes) is 2. The Morgan fingerprint density at radius 2 is 1.52 bits per heavy atom. The summed E-state index contributed by atoms with van der Waals surface area (Å²) in [6.07, 6.45) is 5.55. The van der Waals surface area contributed by atoms with Crippen LogP contribution in [-0.2, 0) is 11.2 Å². The standard InChI is InChI=1S/C24H26O.C4H6O2/c1-3-4-5-6-19-7-9-21(10-8-19)24-16-13-22(17-18(24)2)20-11-14-23(25)15-12-20;1-4(2-5)3-6/h7-17,25H,3-6H2,1-2H3;2,6H,1,3H2. The lowest BCUT2D eigenvalue weighted by molar-refractivity contribution is -0.105. The fourth-order valence-electron chi connectivity index (χ4n) is 3.29. The van der Waals surface area contributed by atoms with Gasteiger partial charge in [0.15, 0.2) is 0 Å². The number of rotatable bonds is 8. The molecule has 0 bridgehead atoms. The Balaban J connectivity index is 0.000000501. The lowest BCUT2D eigenvalue weighted by Crippen LogP contribution is -1.88. The minimum atomic E-state index is -0.233. The monoisotopic (exact) mass is 416 g/mol. The molecule has 3 heteroatoms. The molecule has 3 nitrogen and oxygen atoms in total. The molecule has 0 aliphatic heterocycles. The van der Waals surface area contributed by atoms with Crippen molar-refractivity contribution in [2.24, 2.45) is 0 Å². The van der Waals surface area contributed by atoms with Crippen molar-refractivity contribution in [3.05, 3.63) is 90.0 Å². The van der Waals surface area contributed by atoms with Gasteiger partial charge >= 0.3 is 0 Å². The lowest BCUT2D eigenvalue weighted by Gasteiger charge is -2.10. The van der Waals surface area contributed by atoms with Gasteiger partial charge in [0.05, 0.1) is 6.61 Å². The second kappa shape index (κ2) is 12.5. The zero-order valence-corrected chi connectivity index (χ0v) is 18.5. The van der Waals surface area contributed by atoms with Gasteiger partial charge in [0.1, 0.15) is 12.0 Å². The van der Waals surface area contributed by atoms with Crippen LogP contribution in [0.15, 0.2) is 78.9 Å². The third-order valence-electron chi connectivity index (χ3n) is 5.13. The topological polar surface area (TPSA) is 57.5 Å². The largest absolute Gasteiger partial charge is 0.508 e. The summed E-state index contributed by atoms with van der Waals surface area (Å²) in [5.74, 6) is 0.302. The molecule has 0 aliphatic carbocycles. The number of aromatic hydroxyl groups is 1. The van der Waals surface area contributed by atoms with E-state index in [1.54, 1.807) is 12.1 Å². The molecule has 0 saturated carbocycles. The molecule has 0 aliphatic rings. The van der Waals surface area contributed by atoms with Crippen molar-refractivity contribution in [1.29, 1.82) is 0 Å². The molecule has 0 atom stereocenters. The number of aliphatic hydroxyl groups is 1. The molecule has 31 heavy (non-hydrogen) atoms. The molecule has 3 aromatic carbocycles. The van der Waals surface area contributed by atoms with Crippen LogP contribution in [0.25, 0.3) is 22.3 Å². The molecule has 0 aromatic heterocycles. The summed E-state index contributed by atoms with van der Waals surface area (Å²) in [5, 5.41) is 17.4. The van der Waals surface area contributed by atoms with Gasteiger partial charge in [0.25, 0.3) is 0 Å². The zero-order valence-electron chi connectivity index (χ0n) is 18.5. The Labute approximate surface area is 185 Å². The van der Waals surface area contributed by atoms with Crippen molar-refractivity contribution in [2.45, 2.75) is 39.5 Å². The summed E-state index contributed by atoms with van der Waals surface area (Å²) in [4.78, 5) is 9.48. The Hall–Kier alpha value is -3.17. The van der Waals surface area contributed by atoms with Crippen LogP contribution < -0.4 is 0 Å². The number of aliphatic hydroxyl groups excluding tert-OH is 1. The average molecular weight is 417 g/mol. The molecule has 2 N–H and O–H groups in total. The van der Waals surface area contributed by atoms with Crippen LogP contribution >= 0.6 is 0 Å². The first-order valence-corrected chi connectivity index (χ1v) is 10.7. The molecule has 0 spiro atoms. The van der Waals surface area contributed by atoms with Gasteiger partial charge in [-0.1, -0.05) is 80.9 Å². The maximum Gasteiger partial charge on any atom is 0.147 e. The van der Waals surface area contributed by atoms with E-state index in [-0.39, 0.29) is 12.2 Å². The fourth-order valence-corrected chi connectivity index (χ4v) is 3.29. The summed E-state index contributed by atoms with van der Waals surface area (Å²) < 4.78 is 0. The Bertz CT molecular complexity index is 970. The van der Waals surface area contributed by atoms with Crippen molar-refractivity contribution < 1.29 is 15.0 Å². The summed E-state index contributed by atoms with van der Waals surface area (Å²) in [6.45, 7) is 7.35. The Morgan fingerprint density at radius 3 is 2.03 bits per heavy atom. The molecule has 0 unspecified atom stereocenters. The van der Waals surface area contributed by atoms with Crippen LogP contribution in [0.3, 0.4) is 0 Å². The molecular formula is C28H32O3. The van der Waals surface area contributed by atoms with E-state index in [0.717, 1.165) is 5.56 Å². The van der Waals surface area contributed by atoms with Crippen LogP contribution in [0.4, 0.5) is 0 Å².